The zero-order chi connectivity index (χ0) is 22.0. The van der Waals surface area contributed by atoms with E-state index < -0.39 is 5.97 Å². The molecule has 0 radical (unpaired) electrons. The number of hydrogen-bond donors (Lipinski definition) is 0. The van der Waals surface area contributed by atoms with E-state index in [1.165, 1.54) is 7.11 Å². The molecule has 5 nitrogen and oxygen atoms in total. The normalized spacial score (nSPS) is 10.8. The predicted octanol–water partition coefficient (Wildman–Crippen LogP) is 6.08. The number of hydrogen-bond acceptors (Lipinski definition) is 6. The smallest absolute Gasteiger partial charge is 0.339 e. The summed E-state index contributed by atoms with van der Waals surface area (Å²) in [6, 6.07) is 16.2. The van der Waals surface area contributed by atoms with Gasteiger partial charge in [-0.15, -0.1) is 11.3 Å². The maximum Gasteiger partial charge on any atom is 0.339 e. The molecule has 0 aliphatic heterocycles. The van der Waals surface area contributed by atoms with Crippen LogP contribution in [0.3, 0.4) is 0 Å². The second-order valence-corrected chi connectivity index (χ2v) is 8.75. The number of nitrogens with zero attached hydrogens (tertiary/aromatic N) is 1. The second kappa shape index (κ2) is 8.99. The third kappa shape index (κ3) is 4.52. The third-order valence-corrected chi connectivity index (χ3v) is 6.14. The molecule has 7 heteroatoms. The van der Waals surface area contributed by atoms with Crippen molar-refractivity contribution in [3.05, 3.63) is 81.1 Å². The Morgan fingerprint density at radius 1 is 1.10 bits per heavy atom. The van der Waals surface area contributed by atoms with Crippen molar-refractivity contribution in [3.63, 3.8) is 0 Å². The standard InChI is InChI=1S/C24H18BrNO4S/c1-14-9-16(25)11-18-19(12-20(26-23(14)18)22-7-4-8-31-22)24(28)30-13-21(27)15-5-3-6-17(10-15)29-2/h3-12H,13H2,1-2H3. The summed E-state index contributed by atoms with van der Waals surface area (Å²) in [4.78, 5) is 31.3. The molecule has 31 heavy (non-hydrogen) atoms. The number of fused-ring (bicyclic) bond motifs is 1. The molecule has 0 unspecified atom stereocenters. The van der Waals surface area contributed by atoms with Crippen LogP contribution in [0.2, 0.25) is 0 Å². The van der Waals surface area contributed by atoms with Crippen LogP contribution >= 0.6 is 27.3 Å². The lowest BCUT2D eigenvalue weighted by molar-refractivity contribution is 0.0476. The second-order valence-electron chi connectivity index (χ2n) is 6.88. The predicted molar refractivity (Wildman–Crippen MR) is 125 cm³/mol. The van der Waals surface area contributed by atoms with Gasteiger partial charge in [-0.2, -0.15) is 0 Å². The van der Waals surface area contributed by atoms with Gasteiger partial charge in [0.25, 0.3) is 0 Å². The van der Waals surface area contributed by atoms with Crippen LogP contribution in [0.5, 0.6) is 5.75 Å². The number of aryl methyl sites for hydroxylation is 1. The Bertz CT molecular complexity index is 1280. The Balaban J connectivity index is 1.67. The lowest BCUT2D eigenvalue weighted by Crippen LogP contribution is -2.15. The number of methoxy groups -OCH3 is 1. The Hall–Kier alpha value is -3.03. The highest BCUT2D eigenvalue weighted by Crippen LogP contribution is 2.31. The van der Waals surface area contributed by atoms with E-state index in [4.69, 9.17) is 14.5 Å². The molecule has 0 amide bonds. The molecule has 0 aliphatic rings. The molecule has 0 fully saturated rings. The van der Waals surface area contributed by atoms with E-state index >= 15 is 0 Å². The Kier molecular flexibility index (Phi) is 6.15. The van der Waals surface area contributed by atoms with E-state index in [2.05, 4.69) is 15.9 Å². The first kappa shape index (κ1) is 21.2. The number of aromatic nitrogens is 1. The molecular weight excluding hydrogens is 478 g/mol. The number of carbonyl (C=O) groups excluding carboxylic acids is 2. The van der Waals surface area contributed by atoms with E-state index in [9.17, 15) is 9.59 Å². The number of pyridine rings is 1. The van der Waals surface area contributed by atoms with Gasteiger partial charge in [-0.25, -0.2) is 9.78 Å². The largest absolute Gasteiger partial charge is 0.497 e. The van der Waals surface area contributed by atoms with Crippen molar-refractivity contribution in [2.75, 3.05) is 13.7 Å². The molecule has 0 N–H and O–H groups in total. The van der Waals surface area contributed by atoms with Crippen LogP contribution in [0.15, 0.2) is 64.5 Å². The third-order valence-electron chi connectivity index (χ3n) is 4.79. The van der Waals surface area contributed by atoms with E-state index in [1.54, 1.807) is 41.7 Å². The molecule has 0 atom stereocenters. The Morgan fingerprint density at radius 2 is 1.94 bits per heavy atom. The first-order valence-corrected chi connectivity index (χ1v) is 11.1. The fourth-order valence-electron chi connectivity index (χ4n) is 3.26. The summed E-state index contributed by atoms with van der Waals surface area (Å²) in [5.41, 5.74) is 3.14. The van der Waals surface area contributed by atoms with Gasteiger partial charge in [0.15, 0.2) is 12.4 Å². The fourth-order valence-corrected chi connectivity index (χ4v) is 4.52. The van der Waals surface area contributed by atoms with Gasteiger partial charge in [-0.3, -0.25) is 4.79 Å². The maximum atomic E-state index is 13.0. The van der Waals surface area contributed by atoms with Crippen LogP contribution in [0.1, 0.15) is 26.3 Å². The van der Waals surface area contributed by atoms with Crippen LogP contribution in [-0.2, 0) is 4.74 Å². The monoisotopic (exact) mass is 495 g/mol. The molecular formula is C24H18BrNO4S. The number of ether oxygens (including phenoxy) is 2. The van der Waals surface area contributed by atoms with Crippen molar-refractivity contribution in [1.82, 2.24) is 4.98 Å². The average Bonchev–Trinajstić information content (AvgIpc) is 3.31. The van der Waals surface area contributed by atoms with Crippen molar-refractivity contribution in [2.45, 2.75) is 6.92 Å². The Morgan fingerprint density at radius 3 is 2.68 bits per heavy atom. The summed E-state index contributed by atoms with van der Waals surface area (Å²) >= 11 is 5.03. The topological polar surface area (TPSA) is 65.5 Å². The van der Waals surface area contributed by atoms with Gasteiger partial charge in [-0.05, 0) is 54.3 Å². The van der Waals surface area contributed by atoms with Crippen LogP contribution < -0.4 is 4.74 Å². The highest BCUT2D eigenvalue weighted by Gasteiger charge is 2.19. The lowest BCUT2D eigenvalue weighted by atomic mass is 10.0. The highest BCUT2D eigenvalue weighted by atomic mass is 79.9. The first-order chi connectivity index (χ1) is 15.0. The minimum absolute atomic E-state index is 0.304. The molecule has 0 bridgehead atoms. The first-order valence-electron chi connectivity index (χ1n) is 9.45. The summed E-state index contributed by atoms with van der Waals surface area (Å²) in [7, 11) is 1.53. The van der Waals surface area contributed by atoms with Crippen LogP contribution in [0, 0.1) is 6.92 Å². The molecule has 0 aliphatic carbocycles. The SMILES string of the molecule is COc1cccc(C(=O)COC(=O)c2cc(-c3cccs3)nc3c(C)cc(Br)cc23)c1. The highest BCUT2D eigenvalue weighted by molar-refractivity contribution is 9.10. The maximum absolute atomic E-state index is 13.0. The van der Waals surface area contributed by atoms with Gasteiger partial charge in [0, 0.05) is 15.4 Å². The van der Waals surface area contributed by atoms with Crippen molar-refractivity contribution in [1.29, 1.82) is 0 Å². The number of benzene rings is 2. The summed E-state index contributed by atoms with van der Waals surface area (Å²) in [6.07, 6.45) is 0. The van der Waals surface area contributed by atoms with Gasteiger partial charge in [0.05, 0.1) is 28.8 Å². The van der Waals surface area contributed by atoms with E-state index in [0.717, 1.165) is 20.4 Å². The number of ketones is 1. The number of Topliss-reactive ketones (excluding diaryl/α,β-unsaturated/α-hetero) is 1. The van der Waals surface area contributed by atoms with E-state index in [1.807, 2.05) is 36.6 Å². The van der Waals surface area contributed by atoms with Crippen molar-refractivity contribution < 1.29 is 19.1 Å². The van der Waals surface area contributed by atoms with Crippen molar-refractivity contribution in [2.24, 2.45) is 0 Å². The van der Waals surface area contributed by atoms with Crippen LogP contribution in [-0.4, -0.2) is 30.5 Å². The minimum atomic E-state index is -0.570. The van der Waals surface area contributed by atoms with Gasteiger partial charge in [-0.1, -0.05) is 34.1 Å². The number of thiophene rings is 1. The van der Waals surface area contributed by atoms with E-state index in [0.29, 0.717) is 28.0 Å². The summed E-state index contributed by atoms with van der Waals surface area (Å²) in [5.74, 6) is -0.307. The van der Waals surface area contributed by atoms with Gasteiger partial charge < -0.3 is 9.47 Å². The molecule has 2 aromatic carbocycles. The molecule has 4 rings (SSSR count). The average molecular weight is 496 g/mol. The molecule has 2 heterocycles. The van der Waals surface area contributed by atoms with Gasteiger partial charge in [0.2, 0.25) is 0 Å². The number of carbonyl (C=O) groups is 2. The van der Waals surface area contributed by atoms with Crippen molar-refractivity contribution in [3.8, 4) is 16.3 Å². The minimum Gasteiger partial charge on any atom is -0.497 e. The zero-order valence-electron chi connectivity index (χ0n) is 16.8. The molecule has 4 aromatic rings. The van der Waals surface area contributed by atoms with Crippen LogP contribution in [0.25, 0.3) is 21.5 Å². The molecule has 0 spiro atoms. The quantitative estimate of drug-likeness (QED) is 0.239. The summed E-state index contributed by atoms with van der Waals surface area (Å²) in [6.45, 7) is 1.58. The number of esters is 1. The van der Waals surface area contributed by atoms with Crippen LogP contribution in [0.4, 0.5) is 0 Å². The molecule has 0 saturated heterocycles. The number of halogens is 1. The zero-order valence-corrected chi connectivity index (χ0v) is 19.2. The summed E-state index contributed by atoms with van der Waals surface area (Å²) in [5, 5.41) is 2.63. The molecule has 0 saturated carbocycles. The fraction of sp³-hybridized carbons (Fsp3) is 0.125. The Labute approximate surface area is 191 Å². The van der Waals surface area contributed by atoms with E-state index in [-0.39, 0.29) is 12.4 Å². The lowest BCUT2D eigenvalue weighted by Gasteiger charge is -2.11. The molecule has 156 valence electrons. The van der Waals surface area contributed by atoms with Crippen molar-refractivity contribution >= 4 is 49.9 Å². The summed E-state index contributed by atoms with van der Waals surface area (Å²) < 4.78 is 11.4. The number of rotatable bonds is 6. The van der Waals surface area contributed by atoms with Gasteiger partial charge >= 0.3 is 5.97 Å². The van der Waals surface area contributed by atoms with Gasteiger partial charge in [0.1, 0.15) is 5.75 Å². The molecule has 2 aromatic heterocycles.